The molecule has 1 N–H and O–H groups in total. The Balaban J connectivity index is 1.82. The van der Waals surface area contributed by atoms with E-state index in [0.29, 0.717) is 18.7 Å². The minimum Gasteiger partial charge on any atom is -0.507 e. The molecule has 0 aliphatic carbocycles. The van der Waals surface area contributed by atoms with Gasteiger partial charge in [0.1, 0.15) is 11.5 Å². The second-order valence-corrected chi connectivity index (χ2v) is 7.40. The molecule has 0 saturated carbocycles. The van der Waals surface area contributed by atoms with Crippen molar-refractivity contribution in [2.24, 2.45) is 0 Å². The lowest BCUT2D eigenvalue weighted by Gasteiger charge is -2.25. The molecular weight excluding hydrogens is 368 g/mol. The largest absolute Gasteiger partial charge is 0.507 e. The maximum Gasteiger partial charge on any atom is 0.295 e. The zero-order chi connectivity index (χ0) is 20.4. The van der Waals surface area contributed by atoms with Crippen LogP contribution in [0.1, 0.15) is 48.9 Å². The van der Waals surface area contributed by atoms with Gasteiger partial charge in [0.25, 0.3) is 11.7 Å². The van der Waals surface area contributed by atoms with Gasteiger partial charge in [-0.1, -0.05) is 13.3 Å². The van der Waals surface area contributed by atoms with Gasteiger partial charge in [-0.25, -0.2) is 0 Å². The Hall–Kier alpha value is -3.15. The number of nitrogens with zero attached hydrogens (tertiary/aromatic N) is 2. The van der Waals surface area contributed by atoms with Gasteiger partial charge in [0.15, 0.2) is 0 Å². The molecule has 1 atom stereocenters. The number of aromatic nitrogens is 1. The number of Topliss-reactive ketones (excluding diaryl/α,β-unsaturated/α-hetero) is 1. The second kappa shape index (κ2) is 8.07. The van der Waals surface area contributed by atoms with E-state index < -0.39 is 17.7 Å². The zero-order valence-corrected chi connectivity index (χ0v) is 16.4. The quantitative estimate of drug-likeness (QED) is 0.478. The van der Waals surface area contributed by atoms with E-state index in [1.165, 1.54) is 0 Å². The normalized spacial score (nSPS) is 20.4. The summed E-state index contributed by atoms with van der Waals surface area (Å²) in [6, 6.07) is 8.36. The standard InChI is InChI=1S/C23H24N2O4/c1-2-3-12-25-20(15-8-10-24-11-9-15)19(22(27)23(25)28)21(26)17-6-7-18-16(14-17)5-4-13-29-18/h6-11,14,20,26H,2-5,12-13H2,1H3/b21-19-. The molecule has 29 heavy (non-hydrogen) atoms. The maximum atomic E-state index is 12.9. The average molecular weight is 392 g/mol. The molecule has 0 bridgehead atoms. The van der Waals surface area contributed by atoms with E-state index in [4.69, 9.17) is 4.74 Å². The molecule has 1 amide bonds. The highest BCUT2D eigenvalue weighted by Gasteiger charge is 2.45. The number of hydrogen-bond donors (Lipinski definition) is 1. The number of ketones is 1. The van der Waals surface area contributed by atoms with Crippen LogP contribution < -0.4 is 4.74 Å². The Morgan fingerprint density at radius 2 is 2.03 bits per heavy atom. The summed E-state index contributed by atoms with van der Waals surface area (Å²) in [7, 11) is 0. The number of ether oxygens (including phenoxy) is 1. The van der Waals surface area contributed by atoms with Crippen LogP contribution in [0.25, 0.3) is 5.76 Å². The molecule has 3 heterocycles. The van der Waals surface area contributed by atoms with Crippen LogP contribution in [0.3, 0.4) is 0 Å². The number of benzene rings is 1. The second-order valence-electron chi connectivity index (χ2n) is 7.40. The summed E-state index contributed by atoms with van der Waals surface area (Å²) in [5, 5.41) is 11.1. The number of aryl methyl sites for hydroxylation is 1. The summed E-state index contributed by atoms with van der Waals surface area (Å²) >= 11 is 0. The molecule has 2 aliphatic rings. The lowest BCUT2D eigenvalue weighted by molar-refractivity contribution is -0.139. The predicted octanol–water partition coefficient (Wildman–Crippen LogP) is 3.63. The summed E-state index contributed by atoms with van der Waals surface area (Å²) in [5.41, 5.74) is 2.43. The molecular formula is C23H24N2O4. The van der Waals surface area contributed by atoms with Gasteiger partial charge in [-0.3, -0.25) is 14.6 Å². The van der Waals surface area contributed by atoms with Gasteiger partial charge >= 0.3 is 0 Å². The van der Waals surface area contributed by atoms with E-state index in [-0.39, 0.29) is 11.3 Å². The van der Waals surface area contributed by atoms with Crippen molar-refractivity contribution in [2.75, 3.05) is 13.2 Å². The van der Waals surface area contributed by atoms with E-state index >= 15 is 0 Å². The Bertz CT molecular complexity index is 968. The number of amides is 1. The fraction of sp³-hybridized carbons (Fsp3) is 0.348. The number of carbonyl (C=O) groups excluding carboxylic acids is 2. The third-order valence-electron chi connectivity index (χ3n) is 5.50. The van der Waals surface area contributed by atoms with Crippen LogP contribution in [0.5, 0.6) is 5.75 Å². The Morgan fingerprint density at radius 3 is 2.79 bits per heavy atom. The molecule has 4 rings (SSSR count). The van der Waals surface area contributed by atoms with E-state index in [1.54, 1.807) is 35.5 Å². The van der Waals surface area contributed by atoms with Crippen molar-refractivity contribution in [3.8, 4) is 5.75 Å². The molecule has 1 saturated heterocycles. The molecule has 0 spiro atoms. The number of likely N-dealkylation sites (tertiary alicyclic amines) is 1. The van der Waals surface area contributed by atoms with Crippen molar-refractivity contribution < 1.29 is 19.4 Å². The molecule has 0 radical (unpaired) electrons. The Labute approximate surface area is 169 Å². The van der Waals surface area contributed by atoms with Gasteiger partial charge < -0.3 is 14.7 Å². The van der Waals surface area contributed by atoms with Crippen LogP contribution in [0.2, 0.25) is 0 Å². The van der Waals surface area contributed by atoms with Crippen molar-refractivity contribution in [3.63, 3.8) is 0 Å². The molecule has 1 aromatic carbocycles. The molecule has 6 heteroatoms. The summed E-state index contributed by atoms with van der Waals surface area (Å²) in [4.78, 5) is 31.3. The predicted molar refractivity (Wildman–Crippen MR) is 108 cm³/mol. The molecule has 6 nitrogen and oxygen atoms in total. The lowest BCUT2D eigenvalue weighted by Crippen LogP contribution is -2.30. The summed E-state index contributed by atoms with van der Waals surface area (Å²) in [5.74, 6) is -0.545. The highest BCUT2D eigenvalue weighted by atomic mass is 16.5. The number of fused-ring (bicyclic) bond motifs is 1. The zero-order valence-electron chi connectivity index (χ0n) is 16.4. The smallest absolute Gasteiger partial charge is 0.295 e. The van der Waals surface area contributed by atoms with Crippen molar-refractivity contribution in [2.45, 2.75) is 38.6 Å². The fourth-order valence-corrected chi connectivity index (χ4v) is 3.99. The third kappa shape index (κ3) is 3.50. The van der Waals surface area contributed by atoms with Gasteiger partial charge in [0, 0.05) is 24.5 Å². The first-order chi connectivity index (χ1) is 14.1. The van der Waals surface area contributed by atoms with Crippen molar-refractivity contribution in [1.29, 1.82) is 0 Å². The molecule has 1 aromatic heterocycles. The first-order valence-corrected chi connectivity index (χ1v) is 10.1. The van der Waals surface area contributed by atoms with Crippen LogP contribution in [0, 0.1) is 0 Å². The third-order valence-corrected chi connectivity index (χ3v) is 5.50. The molecule has 2 aromatic rings. The van der Waals surface area contributed by atoms with Gasteiger partial charge in [0.05, 0.1) is 18.2 Å². The van der Waals surface area contributed by atoms with Crippen LogP contribution >= 0.6 is 0 Å². The summed E-state index contributed by atoms with van der Waals surface area (Å²) in [6.45, 7) is 3.18. The average Bonchev–Trinajstić information content (AvgIpc) is 3.02. The SMILES string of the molecule is CCCCN1C(=O)C(=O)/C(=C(\O)c2ccc3c(c2)CCCO3)C1c1ccncc1. The maximum absolute atomic E-state index is 12.9. The fourth-order valence-electron chi connectivity index (χ4n) is 3.99. The van der Waals surface area contributed by atoms with Crippen LogP contribution in [0.4, 0.5) is 0 Å². The highest BCUT2D eigenvalue weighted by Crippen LogP contribution is 2.40. The topological polar surface area (TPSA) is 79.7 Å². The molecule has 1 unspecified atom stereocenters. The lowest BCUT2D eigenvalue weighted by atomic mass is 9.94. The van der Waals surface area contributed by atoms with Crippen LogP contribution in [-0.4, -0.2) is 39.8 Å². The van der Waals surface area contributed by atoms with Gasteiger partial charge in [-0.15, -0.1) is 0 Å². The van der Waals surface area contributed by atoms with E-state index in [2.05, 4.69) is 4.98 Å². The minimum atomic E-state index is -0.644. The summed E-state index contributed by atoms with van der Waals surface area (Å²) in [6.07, 6.45) is 6.71. The van der Waals surface area contributed by atoms with Crippen molar-refractivity contribution in [1.82, 2.24) is 9.88 Å². The number of aliphatic hydroxyl groups excluding tert-OH is 1. The van der Waals surface area contributed by atoms with Crippen molar-refractivity contribution >= 4 is 17.4 Å². The molecule has 2 aliphatic heterocycles. The van der Waals surface area contributed by atoms with Gasteiger partial charge in [-0.2, -0.15) is 0 Å². The summed E-state index contributed by atoms with van der Waals surface area (Å²) < 4.78 is 5.64. The monoisotopic (exact) mass is 392 g/mol. The first kappa shape index (κ1) is 19.2. The van der Waals surface area contributed by atoms with E-state index in [0.717, 1.165) is 42.6 Å². The molecule has 1 fully saturated rings. The van der Waals surface area contributed by atoms with Crippen molar-refractivity contribution in [3.05, 3.63) is 65.0 Å². The van der Waals surface area contributed by atoms with E-state index in [1.807, 2.05) is 19.1 Å². The van der Waals surface area contributed by atoms with E-state index in [9.17, 15) is 14.7 Å². The number of hydrogen-bond acceptors (Lipinski definition) is 5. The van der Waals surface area contributed by atoms with Gasteiger partial charge in [0.2, 0.25) is 0 Å². The Morgan fingerprint density at radius 1 is 1.24 bits per heavy atom. The van der Waals surface area contributed by atoms with Crippen LogP contribution in [0.15, 0.2) is 48.3 Å². The first-order valence-electron chi connectivity index (χ1n) is 10.1. The van der Waals surface area contributed by atoms with Gasteiger partial charge in [-0.05, 0) is 60.7 Å². The van der Waals surface area contributed by atoms with Crippen LogP contribution in [-0.2, 0) is 16.0 Å². The Kier molecular flexibility index (Phi) is 5.34. The number of pyridine rings is 1. The number of carbonyl (C=O) groups is 2. The molecule has 150 valence electrons. The number of unbranched alkanes of at least 4 members (excludes halogenated alkanes) is 1. The number of aliphatic hydroxyl groups is 1. The highest BCUT2D eigenvalue weighted by molar-refractivity contribution is 6.46. The minimum absolute atomic E-state index is 0.133. The number of rotatable bonds is 5.